The topological polar surface area (TPSA) is 343 Å². The van der Waals surface area contributed by atoms with Gasteiger partial charge in [-0.15, -0.1) is 11.6 Å². The number of carbonyl (C=O) groups excluding carboxylic acids is 1. The Morgan fingerprint density at radius 2 is 1.87 bits per heavy atom. The molecule has 1 aliphatic rings. The third-order valence-electron chi connectivity index (χ3n) is 4.37. The molecule has 1 saturated heterocycles. The zero-order valence-electron chi connectivity index (χ0n) is 18.1. The van der Waals surface area contributed by atoms with E-state index in [2.05, 4.69) is 28.1 Å². The molecular weight excluding hydrogens is 611 g/mol. The molecule has 0 aromatic carbocycles. The van der Waals surface area contributed by atoms with Gasteiger partial charge in [0.05, 0.1) is 20.8 Å². The number of hydrogen-bond donors (Lipinski definition) is 5. The number of rotatable bonds is 10. The molecule has 214 valence electrons. The molecule has 0 spiro atoms. The van der Waals surface area contributed by atoms with Crippen LogP contribution in [0.2, 0.25) is 0 Å². The summed E-state index contributed by atoms with van der Waals surface area (Å²) in [4.78, 5) is 77.8. The molecule has 1 fully saturated rings. The van der Waals surface area contributed by atoms with Crippen LogP contribution in [0.3, 0.4) is 0 Å². The van der Waals surface area contributed by atoms with Crippen LogP contribution in [0.25, 0.3) is 11.2 Å². The van der Waals surface area contributed by atoms with Crippen LogP contribution < -0.4 is 36.3 Å². The number of alkyl halides is 1. The molecule has 3 heterocycles. The molecule has 0 saturated carbocycles. The normalized spacial score (nSPS) is 26.1. The van der Waals surface area contributed by atoms with Crippen molar-refractivity contribution in [2.24, 2.45) is 0 Å². The Labute approximate surface area is 214 Å². The first-order chi connectivity index (χ1) is 17.4. The summed E-state index contributed by atoms with van der Waals surface area (Å²) in [6.07, 6.45) is -6.81. The summed E-state index contributed by atoms with van der Waals surface area (Å²) >= 11 is 5.42. The van der Waals surface area contributed by atoms with Gasteiger partial charge in [0, 0.05) is 0 Å². The Morgan fingerprint density at radius 1 is 1.21 bits per heavy atom. The number of aliphatic hydroxyl groups excluding tert-OH is 2. The third kappa shape index (κ3) is 7.42. The van der Waals surface area contributed by atoms with Gasteiger partial charge in [-0.05, 0) is 0 Å². The fraction of sp³-hybridized carbons (Fsp3) is 0.500. The summed E-state index contributed by atoms with van der Waals surface area (Å²) in [5.41, 5.74) is 6.17. The Kier molecular flexibility index (Phi) is 9.16. The number of morpholine rings is 1. The van der Waals surface area contributed by atoms with Gasteiger partial charge in [0.1, 0.15) is 12.0 Å². The molecule has 3 rings (SSSR count). The number of fused-ring (bicyclic) bond motifs is 1. The molecule has 6 unspecified atom stereocenters. The lowest BCUT2D eigenvalue weighted by Crippen LogP contribution is -2.65. The van der Waals surface area contributed by atoms with Crippen LogP contribution in [0.5, 0.6) is 0 Å². The first-order valence-electron chi connectivity index (χ1n) is 9.52. The molecular formula is C12H15ClN7O15P3-4. The monoisotopic (exact) mass is 625 g/mol. The largest absolute Gasteiger partial charge is 0.790 e. The van der Waals surface area contributed by atoms with Crippen LogP contribution in [0.1, 0.15) is 6.23 Å². The van der Waals surface area contributed by atoms with E-state index < -0.39 is 72.2 Å². The number of nitrogens with one attached hydrogen (secondary N) is 2. The zero-order valence-corrected chi connectivity index (χ0v) is 21.5. The van der Waals surface area contributed by atoms with E-state index in [0.29, 0.717) is 5.01 Å². The molecule has 2 aromatic rings. The molecule has 0 aliphatic carbocycles. The van der Waals surface area contributed by atoms with Crippen LogP contribution in [-0.2, 0) is 36.4 Å². The number of phosphoric acid groups is 3. The molecule has 6 N–H and O–H groups in total. The van der Waals surface area contributed by atoms with Crippen LogP contribution in [0, 0.1) is 0 Å². The minimum atomic E-state index is -6.28. The average molecular weight is 626 g/mol. The Bertz CT molecular complexity index is 1400. The van der Waals surface area contributed by atoms with E-state index in [4.69, 9.17) is 22.1 Å². The first-order valence-corrected chi connectivity index (χ1v) is 14.4. The van der Waals surface area contributed by atoms with Crippen molar-refractivity contribution in [3.63, 3.8) is 0 Å². The highest BCUT2D eigenvalue weighted by Crippen LogP contribution is 2.60. The quantitative estimate of drug-likeness (QED) is 0.121. The van der Waals surface area contributed by atoms with Gasteiger partial charge in [-0.25, -0.2) is 9.29 Å². The second kappa shape index (κ2) is 11.3. The predicted octanol–water partition coefficient (Wildman–Crippen LogP) is -5.38. The highest BCUT2D eigenvalue weighted by atomic mass is 35.5. The number of aromatic amines is 1. The number of anilines is 1. The summed E-state index contributed by atoms with van der Waals surface area (Å²) in [5.74, 6) is -2.02. The van der Waals surface area contributed by atoms with E-state index in [9.17, 15) is 53.1 Å². The van der Waals surface area contributed by atoms with Gasteiger partial charge in [-0.2, -0.15) is 9.99 Å². The van der Waals surface area contributed by atoms with Crippen LogP contribution in [-0.4, -0.2) is 71.7 Å². The molecule has 1 aliphatic heterocycles. The van der Waals surface area contributed by atoms with Gasteiger partial charge in [0.2, 0.25) is 11.9 Å². The standard InChI is InChI=1S/C12H19ClN7O15P3/c13-1-5(21)18-20-9(23)4(2-32-37(28,29)35-38(30,31)34-36(25,26)27)33-11(10(20)24)19-3-15-6-7(19)16-12(14)17-8(6)22/h3-4,9-11,23-24H,1-2H2,(H,18,21)(H,28,29)(H,30,31)(H2,25,26,27)(H3,14,16,17,22)/p-4. The molecule has 1 amide bonds. The van der Waals surface area contributed by atoms with E-state index in [0.717, 1.165) is 10.9 Å². The van der Waals surface area contributed by atoms with Gasteiger partial charge in [0.15, 0.2) is 29.8 Å². The zero-order chi connectivity index (χ0) is 28.6. The average Bonchev–Trinajstić information content (AvgIpc) is 3.17. The summed E-state index contributed by atoms with van der Waals surface area (Å²) in [6.45, 7) is -1.31. The second-order valence-corrected chi connectivity index (χ2v) is 11.6. The molecule has 6 atom stereocenters. The number of nitrogens with zero attached hydrogens (tertiary/aromatic N) is 4. The lowest BCUT2D eigenvalue weighted by Gasteiger charge is -2.45. The number of ether oxygens (including phenoxy) is 1. The molecule has 22 nitrogen and oxygen atoms in total. The van der Waals surface area contributed by atoms with E-state index in [1.807, 2.05) is 5.43 Å². The van der Waals surface area contributed by atoms with Gasteiger partial charge < -0.3 is 49.3 Å². The second-order valence-electron chi connectivity index (χ2n) is 7.04. The van der Waals surface area contributed by atoms with Gasteiger partial charge in [-0.1, -0.05) is 0 Å². The number of hydrogen-bond acceptors (Lipinski definition) is 19. The number of phosphoric ester groups is 1. The predicted molar refractivity (Wildman–Crippen MR) is 110 cm³/mol. The highest BCUT2D eigenvalue weighted by Gasteiger charge is 2.45. The van der Waals surface area contributed by atoms with Crippen molar-refractivity contribution < 1.29 is 66.2 Å². The maximum atomic E-state index is 12.1. The smallest absolute Gasteiger partial charge is 0.280 e. The molecule has 38 heavy (non-hydrogen) atoms. The summed E-state index contributed by atoms with van der Waals surface area (Å²) in [7, 11) is -18.5. The van der Waals surface area contributed by atoms with Crippen molar-refractivity contribution >= 4 is 58.1 Å². The number of halogens is 1. The van der Waals surface area contributed by atoms with Crippen LogP contribution in [0.15, 0.2) is 11.1 Å². The summed E-state index contributed by atoms with van der Waals surface area (Å²) < 4.78 is 50.8. The van der Waals surface area contributed by atoms with Crippen molar-refractivity contribution in [1.29, 1.82) is 0 Å². The number of nitrogens with two attached hydrogens (primary N) is 1. The Morgan fingerprint density at radius 3 is 2.47 bits per heavy atom. The molecule has 26 heteroatoms. The van der Waals surface area contributed by atoms with Crippen molar-refractivity contribution in [3.05, 3.63) is 16.7 Å². The summed E-state index contributed by atoms with van der Waals surface area (Å²) in [6, 6.07) is 0. The van der Waals surface area contributed by atoms with E-state index >= 15 is 0 Å². The molecule has 2 aromatic heterocycles. The fourth-order valence-electron chi connectivity index (χ4n) is 3.01. The maximum absolute atomic E-state index is 12.1. The number of amides is 1. The summed E-state index contributed by atoms with van der Waals surface area (Å²) in [5, 5.41) is 21.7. The number of aromatic nitrogens is 4. The number of nitrogen functional groups attached to an aromatic ring is 1. The number of carbonyl (C=O) groups is 1. The lowest BCUT2D eigenvalue weighted by molar-refractivity contribution is -0.339. The lowest BCUT2D eigenvalue weighted by atomic mass is 10.2. The maximum Gasteiger partial charge on any atom is 0.280 e. The first kappa shape index (κ1) is 30.7. The molecule has 0 bridgehead atoms. The fourth-order valence-corrected chi connectivity index (χ4v) is 5.94. The van der Waals surface area contributed by atoms with E-state index in [1.165, 1.54) is 0 Å². The van der Waals surface area contributed by atoms with Gasteiger partial charge in [-0.3, -0.25) is 38.0 Å². The minimum absolute atomic E-state index is 0.267. The molecule has 0 radical (unpaired) electrons. The highest BCUT2D eigenvalue weighted by molar-refractivity contribution is 7.64. The van der Waals surface area contributed by atoms with Crippen molar-refractivity contribution in [1.82, 2.24) is 30.0 Å². The Hall–Kier alpha value is -1.84. The minimum Gasteiger partial charge on any atom is -0.790 e. The SMILES string of the molecule is Nc1nc2c(ncn2C2OC(COP(=O)([O-])OP(=O)([O-])OP(=O)([O-])[O-])C(O)N(NC(=O)CCl)C2O)c(=O)[nH]1. The third-order valence-corrected chi connectivity index (χ3v) is 8.28. The van der Waals surface area contributed by atoms with E-state index in [-0.39, 0.29) is 17.1 Å². The number of H-pyrrole nitrogens is 1. The number of hydrazine groups is 1. The number of aliphatic hydroxyl groups is 2. The van der Waals surface area contributed by atoms with Gasteiger partial charge >= 0.3 is 0 Å². The van der Waals surface area contributed by atoms with Gasteiger partial charge in [0.25, 0.3) is 21.2 Å². The van der Waals surface area contributed by atoms with Crippen molar-refractivity contribution in [2.75, 3.05) is 18.2 Å². The number of imidazole rings is 1. The van der Waals surface area contributed by atoms with Crippen LogP contribution >= 0.6 is 35.1 Å². The van der Waals surface area contributed by atoms with Crippen molar-refractivity contribution in [2.45, 2.75) is 24.8 Å². The Balaban J connectivity index is 1.90. The van der Waals surface area contributed by atoms with E-state index in [1.54, 1.807) is 0 Å². The van der Waals surface area contributed by atoms with Crippen LogP contribution in [0.4, 0.5) is 5.95 Å². The van der Waals surface area contributed by atoms with Crippen molar-refractivity contribution in [3.8, 4) is 0 Å².